The van der Waals surface area contributed by atoms with Crippen LogP contribution in [0.4, 0.5) is 0 Å². The molecule has 7 nitrogen and oxygen atoms in total. The van der Waals surface area contributed by atoms with Crippen molar-refractivity contribution < 1.29 is 0 Å². The summed E-state index contributed by atoms with van der Waals surface area (Å²) >= 11 is 17.6. The highest BCUT2D eigenvalue weighted by Crippen LogP contribution is 2.26. The Labute approximate surface area is 174 Å². The van der Waals surface area contributed by atoms with Crippen LogP contribution in [0, 0.1) is 16.0 Å². The van der Waals surface area contributed by atoms with E-state index in [1.165, 1.54) is 4.80 Å². The van der Waals surface area contributed by atoms with Gasteiger partial charge in [0, 0.05) is 6.20 Å². The van der Waals surface area contributed by atoms with E-state index in [2.05, 4.69) is 26.6 Å². The van der Waals surface area contributed by atoms with Crippen molar-refractivity contribution in [2.75, 3.05) is 0 Å². The van der Waals surface area contributed by atoms with E-state index in [0.717, 1.165) is 11.3 Å². The van der Waals surface area contributed by atoms with Crippen LogP contribution in [0.2, 0.25) is 10.0 Å². The number of hydrogen-bond acceptors (Lipinski definition) is 5. The number of tetrazole rings is 1. The second kappa shape index (κ2) is 7.56. The number of halogens is 2. The van der Waals surface area contributed by atoms with E-state index in [1.54, 1.807) is 41.2 Å². The standard InChI is InChI=1S/C18H11Cl2N7S/c19-15-6-5-13(7-16(15)20)27-18(28)14(9-22-27)17-23-25-26(24-17)10-12-3-1-11(8-21)2-4-12/h1-7,9,22H,10H2. The minimum absolute atomic E-state index is 0.411. The molecule has 4 aromatic rings. The van der Waals surface area contributed by atoms with Crippen LogP contribution in [-0.2, 0) is 6.54 Å². The van der Waals surface area contributed by atoms with Crippen molar-refractivity contribution in [2.45, 2.75) is 6.54 Å². The van der Waals surface area contributed by atoms with Crippen molar-refractivity contribution in [1.29, 1.82) is 5.26 Å². The first-order chi connectivity index (χ1) is 13.5. The zero-order valence-electron chi connectivity index (χ0n) is 14.2. The fourth-order valence-electron chi connectivity index (χ4n) is 2.61. The van der Waals surface area contributed by atoms with E-state index in [9.17, 15) is 0 Å². The summed E-state index contributed by atoms with van der Waals surface area (Å²) in [5, 5.41) is 25.4. The predicted molar refractivity (Wildman–Crippen MR) is 108 cm³/mol. The summed E-state index contributed by atoms with van der Waals surface area (Å²) in [4.78, 5) is 1.47. The maximum atomic E-state index is 8.87. The topological polar surface area (TPSA) is 88.1 Å². The molecule has 10 heteroatoms. The summed E-state index contributed by atoms with van der Waals surface area (Å²) in [5.41, 5.74) is 2.95. The first kappa shape index (κ1) is 18.4. The summed E-state index contributed by atoms with van der Waals surface area (Å²) in [6.07, 6.45) is 1.72. The Morgan fingerprint density at radius 1 is 1.11 bits per heavy atom. The predicted octanol–water partition coefficient (Wildman–Crippen LogP) is 4.42. The van der Waals surface area contributed by atoms with E-state index < -0.39 is 0 Å². The van der Waals surface area contributed by atoms with Gasteiger partial charge in [-0.1, -0.05) is 47.6 Å². The highest BCUT2D eigenvalue weighted by atomic mass is 35.5. The van der Waals surface area contributed by atoms with Gasteiger partial charge in [-0.15, -0.1) is 10.2 Å². The monoisotopic (exact) mass is 427 g/mol. The van der Waals surface area contributed by atoms with Gasteiger partial charge in [0.15, 0.2) is 0 Å². The molecule has 0 fully saturated rings. The molecule has 0 saturated heterocycles. The van der Waals surface area contributed by atoms with Crippen molar-refractivity contribution in [1.82, 2.24) is 30.0 Å². The van der Waals surface area contributed by atoms with E-state index in [4.69, 9.17) is 40.7 Å². The number of aromatic nitrogens is 6. The van der Waals surface area contributed by atoms with Crippen LogP contribution in [0.5, 0.6) is 0 Å². The lowest BCUT2D eigenvalue weighted by Crippen LogP contribution is -2.04. The maximum absolute atomic E-state index is 8.87. The summed E-state index contributed by atoms with van der Waals surface area (Å²) in [6.45, 7) is 0.433. The molecule has 0 aliphatic rings. The van der Waals surface area contributed by atoms with Gasteiger partial charge in [0.2, 0.25) is 5.82 Å². The fraction of sp³-hybridized carbons (Fsp3) is 0.0556. The Kier molecular flexibility index (Phi) is 4.96. The molecule has 138 valence electrons. The van der Waals surface area contributed by atoms with Gasteiger partial charge in [-0.3, -0.25) is 5.10 Å². The van der Waals surface area contributed by atoms with Crippen LogP contribution < -0.4 is 0 Å². The number of rotatable bonds is 4. The number of hydrogen-bond donors (Lipinski definition) is 1. The zero-order valence-corrected chi connectivity index (χ0v) is 16.5. The van der Waals surface area contributed by atoms with Crippen molar-refractivity contribution >= 4 is 35.4 Å². The van der Waals surface area contributed by atoms with Crippen LogP contribution >= 0.6 is 35.4 Å². The largest absolute Gasteiger partial charge is 0.299 e. The average molecular weight is 428 g/mol. The summed E-state index contributed by atoms with van der Waals surface area (Å²) in [7, 11) is 0. The highest BCUT2D eigenvalue weighted by Gasteiger charge is 2.13. The Morgan fingerprint density at radius 2 is 1.89 bits per heavy atom. The van der Waals surface area contributed by atoms with Gasteiger partial charge in [-0.25, -0.2) is 4.68 Å². The lowest BCUT2D eigenvalue weighted by Gasteiger charge is -2.04. The van der Waals surface area contributed by atoms with Gasteiger partial charge in [0.05, 0.1) is 39.5 Å². The molecule has 0 unspecified atom stereocenters. The molecule has 2 aromatic carbocycles. The second-order valence-corrected chi connectivity index (χ2v) is 7.08. The third-order valence-corrected chi connectivity index (χ3v) is 5.18. The molecular weight excluding hydrogens is 417 g/mol. The van der Waals surface area contributed by atoms with Crippen LogP contribution in [-0.4, -0.2) is 30.0 Å². The number of benzene rings is 2. The molecule has 1 N–H and O–H groups in total. The Hall–Kier alpha value is -2.99. The first-order valence-electron chi connectivity index (χ1n) is 8.08. The molecule has 0 aliphatic heterocycles. The normalized spacial score (nSPS) is 10.8. The van der Waals surface area contributed by atoms with Gasteiger partial charge in [0.25, 0.3) is 0 Å². The van der Waals surface area contributed by atoms with Gasteiger partial charge in [-0.05, 0) is 41.1 Å². The summed E-state index contributed by atoms with van der Waals surface area (Å²) in [5.74, 6) is 0.411. The molecule has 28 heavy (non-hydrogen) atoms. The van der Waals surface area contributed by atoms with Gasteiger partial charge < -0.3 is 0 Å². The third kappa shape index (κ3) is 3.55. The minimum Gasteiger partial charge on any atom is -0.299 e. The Bertz CT molecular complexity index is 1250. The van der Waals surface area contributed by atoms with Crippen LogP contribution in [0.15, 0.2) is 48.7 Å². The van der Waals surface area contributed by atoms with Crippen molar-refractivity contribution in [3.63, 3.8) is 0 Å². The van der Waals surface area contributed by atoms with E-state index in [0.29, 0.717) is 38.2 Å². The van der Waals surface area contributed by atoms with Gasteiger partial charge in [0.1, 0.15) is 4.64 Å². The molecular formula is C18H11Cl2N7S. The molecule has 2 aromatic heterocycles. The quantitative estimate of drug-likeness (QED) is 0.487. The first-order valence-corrected chi connectivity index (χ1v) is 9.24. The summed E-state index contributed by atoms with van der Waals surface area (Å²) in [6, 6.07) is 14.5. The highest BCUT2D eigenvalue weighted by molar-refractivity contribution is 7.71. The molecule has 4 rings (SSSR count). The number of nitrogens with one attached hydrogen (secondary N) is 1. The zero-order chi connectivity index (χ0) is 19.7. The lowest BCUT2D eigenvalue weighted by atomic mass is 10.1. The number of aromatic amines is 1. The van der Waals surface area contributed by atoms with Crippen molar-refractivity contribution in [3.8, 4) is 23.1 Å². The average Bonchev–Trinajstić information content (AvgIpc) is 3.31. The summed E-state index contributed by atoms with van der Waals surface area (Å²) < 4.78 is 2.19. The smallest absolute Gasteiger partial charge is 0.209 e. The van der Waals surface area contributed by atoms with E-state index in [-0.39, 0.29) is 0 Å². The third-order valence-electron chi connectivity index (χ3n) is 4.03. The molecule has 0 radical (unpaired) electrons. The molecule has 0 bridgehead atoms. The molecule has 0 aliphatic carbocycles. The number of nitrogens with zero attached hydrogens (tertiary/aromatic N) is 6. The lowest BCUT2D eigenvalue weighted by molar-refractivity contribution is 0.573. The molecule has 0 amide bonds. The van der Waals surface area contributed by atoms with Crippen molar-refractivity contribution in [2.24, 2.45) is 0 Å². The SMILES string of the molecule is N#Cc1ccc(Cn2nnc(-c3c[nH]n(-c4ccc(Cl)c(Cl)c4)c3=S)n2)cc1. The molecule has 0 saturated carbocycles. The van der Waals surface area contributed by atoms with Crippen LogP contribution in [0.25, 0.3) is 17.1 Å². The Morgan fingerprint density at radius 3 is 2.61 bits per heavy atom. The molecule has 2 heterocycles. The van der Waals surface area contributed by atoms with Crippen molar-refractivity contribution in [3.05, 3.63) is 74.5 Å². The van der Waals surface area contributed by atoms with Crippen LogP contribution in [0.3, 0.4) is 0 Å². The van der Waals surface area contributed by atoms with Crippen LogP contribution in [0.1, 0.15) is 11.1 Å². The minimum atomic E-state index is 0.411. The number of nitriles is 1. The second-order valence-electron chi connectivity index (χ2n) is 5.88. The van der Waals surface area contributed by atoms with E-state index >= 15 is 0 Å². The van der Waals surface area contributed by atoms with E-state index in [1.807, 2.05) is 12.1 Å². The number of H-pyrrole nitrogens is 1. The molecule has 0 atom stereocenters. The van der Waals surface area contributed by atoms with Gasteiger partial charge in [-0.2, -0.15) is 10.1 Å². The fourth-order valence-corrected chi connectivity index (χ4v) is 3.21. The molecule has 0 spiro atoms. The van der Waals surface area contributed by atoms with Gasteiger partial charge >= 0.3 is 0 Å². The Balaban J connectivity index is 1.60. The maximum Gasteiger partial charge on any atom is 0.209 e.